The summed E-state index contributed by atoms with van der Waals surface area (Å²) in [6.07, 6.45) is 4.78. The lowest BCUT2D eigenvalue weighted by Crippen LogP contribution is -2.39. The minimum absolute atomic E-state index is 0.255. The van der Waals surface area contributed by atoms with Crippen LogP contribution in [0.3, 0.4) is 0 Å². The Morgan fingerprint density at radius 1 is 1.65 bits per heavy atom. The first-order valence-corrected chi connectivity index (χ1v) is 5.64. The molecular weight excluding hydrogens is 222 g/mol. The first-order chi connectivity index (χ1) is 8.10. The molecule has 1 aliphatic rings. The molecule has 1 heterocycles. The molecule has 1 saturated carbocycles. The van der Waals surface area contributed by atoms with Gasteiger partial charge in [0.2, 0.25) is 5.91 Å². The van der Waals surface area contributed by atoms with Crippen molar-refractivity contribution in [1.82, 2.24) is 15.3 Å². The second-order valence-electron chi connectivity index (χ2n) is 4.30. The SMILES string of the molecule is CCC(NC(=O)C1(C(=O)O)CC1)c1ncc[nH]1. The molecule has 1 aliphatic carbocycles. The van der Waals surface area contributed by atoms with Crippen LogP contribution in [0.2, 0.25) is 0 Å². The molecule has 0 radical (unpaired) electrons. The number of carbonyl (C=O) groups excluding carboxylic acids is 1. The van der Waals surface area contributed by atoms with Crippen LogP contribution in [0.5, 0.6) is 0 Å². The lowest BCUT2D eigenvalue weighted by molar-refractivity contribution is -0.149. The van der Waals surface area contributed by atoms with Crippen LogP contribution in [0.1, 0.15) is 38.1 Å². The number of nitrogens with one attached hydrogen (secondary N) is 2. The number of imidazole rings is 1. The smallest absolute Gasteiger partial charge is 0.319 e. The first kappa shape index (κ1) is 11.6. The van der Waals surface area contributed by atoms with Gasteiger partial charge in [-0.25, -0.2) is 4.98 Å². The average molecular weight is 237 g/mol. The van der Waals surface area contributed by atoms with Gasteiger partial charge in [-0.1, -0.05) is 6.92 Å². The number of carboxylic acids is 1. The van der Waals surface area contributed by atoms with Crippen molar-refractivity contribution < 1.29 is 14.7 Å². The van der Waals surface area contributed by atoms with E-state index >= 15 is 0 Å². The maximum Gasteiger partial charge on any atom is 0.319 e. The Morgan fingerprint density at radius 3 is 2.76 bits per heavy atom. The van der Waals surface area contributed by atoms with Gasteiger partial charge in [0, 0.05) is 12.4 Å². The molecule has 1 fully saturated rings. The zero-order valence-corrected chi connectivity index (χ0v) is 9.56. The molecule has 6 heteroatoms. The number of aromatic nitrogens is 2. The third-order valence-electron chi connectivity index (χ3n) is 3.16. The van der Waals surface area contributed by atoms with Crippen LogP contribution < -0.4 is 5.32 Å². The number of H-pyrrole nitrogens is 1. The Labute approximate surface area is 98.4 Å². The molecule has 0 aromatic carbocycles. The van der Waals surface area contributed by atoms with Gasteiger partial charge in [0.15, 0.2) is 0 Å². The van der Waals surface area contributed by atoms with Crippen molar-refractivity contribution in [2.45, 2.75) is 32.2 Å². The number of nitrogens with zero attached hydrogens (tertiary/aromatic N) is 1. The highest BCUT2D eigenvalue weighted by molar-refractivity contribution is 6.04. The molecule has 1 unspecified atom stereocenters. The Kier molecular flexibility index (Phi) is 2.87. The maximum absolute atomic E-state index is 11.9. The zero-order valence-electron chi connectivity index (χ0n) is 9.56. The third kappa shape index (κ3) is 2.02. The first-order valence-electron chi connectivity index (χ1n) is 5.64. The van der Waals surface area contributed by atoms with Gasteiger partial charge >= 0.3 is 5.97 Å². The molecule has 1 atom stereocenters. The van der Waals surface area contributed by atoms with E-state index in [-0.39, 0.29) is 6.04 Å². The zero-order chi connectivity index (χ0) is 12.5. The molecular formula is C11H15N3O3. The fourth-order valence-corrected chi connectivity index (χ4v) is 1.79. The minimum atomic E-state index is -1.19. The number of aromatic amines is 1. The van der Waals surface area contributed by atoms with Gasteiger partial charge in [-0.15, -0.1) is 0 Å². The summed E-state index contributed by atoms with van der Waals surface area (Å²) in [5.74, 6) is -0.792. The molecule has 6 nitrogen and oxygen atoms in total. The summed E-state index contributed by atoms with van der Waals surface area (Å²) >= 11 is 0. The Morgan fingerprint density at radius 2 is 2.35 bits per heavy atom. The number of carbonyl (C=O) groups is 2. The van der Waals surface area contributed by atoms with Gasteiger partial charge in [0.25, 0.3) is 0 Å². The van der Waals surface area contributed by atoms with Crippen molar-refractivity contribution in [3.8, 4) is 0 Å². The van der Waals surface area contributed by atoms with Crippen molar-refractivity contribution >= 4 is 11.9 Å². The fourth-order valence-electron chi connectivity index (χ4n) is 1.79. The highest BCUT2D eigenvalue weighted by Crippen LogP contribution is 2.46. The van der Waals surface area contributed by atoms with Crippen molar-refractivity contribution in [2.75, 3.05) is 0 Å². The van der Waals surface area contributed by atoms with Gasteiger partial charge in [0.1, 0.15) is 11.2 Å². The summed E-state index contributed by atoms with van der Waals surface area (Å²) in [4.78, 5) is 29.9. The third-order valence-corrected chi connectivity index (χ3v) is 3.16. The second-order valence-corrected chi connectivity index (χ2v) is 4.30. The summed E-state index contributed by atoms with van der Waals surface area (Å²) < 4.78 is 0. The van der Waals surface area contributed by atoms with E-state index in [0.717, 1.165) is 0 Å². The Hall–Kier alpha value is -1.85. The number of carboxylic acid groups (broad SMARTS) is 1. The van der Waals surface area contributed by atoms with Crippen LogP contribution in [0.25, 0.3) is 0 Å². The molecule has 1 aromatic heterocycles. The van der Waals surface area contributed by atoms with E-state index in [0.29, 0.717) is 25.1 Å². The summed E-state index contributed by atoms with van der Waals surface area (Å²) in [7, 11) is 0. The topological polar surface area (TPSA) is 95.1 Å². The van der Waals surface area contributed by atoms with Crippen LogP contribution in [0, 0.1) is 5.41 Å². The lowest BCUT2D eigenvalue weighted by Gasteiger charge is -2.17. The summed E-state index contributed by atoms with van der Waals surface area (Å²) in [6, 6.07) is -0.255. The molecule has 92 valence electrons. The van der Waals surface area contributed by atoms with Crippen molar-refractivity contribution in [3.05, 3.63) is 18.2 Å². The highest BCUT2D eigenvalue weighted by Gasteiger charge is 2.57. The molecule has 1 amide bonds. The number of hydrogen-bond donors (Lipinski definition) is 3. The molecule has 0 saturated heterocycles. The molecule has 3 N–H and O–H groups in total. The van der Waals surface area contributed by atoms with Crippen LogP contribution >= 0.6 is 0 Å². The predicted octanol–water partition coefficient (Wildman–Crippen LogP) is 0.842. The molecule has 1 aromatic rings. The van der Waals surface area contributed by atoms with Crippen molar-refractivity contribution in [3.63, 3.8) is 0 Å². The van der Waals surface area contributed by atoms with Gasteiger partial charge in [0.05, 0.1) is 6.04 Å². The highest BCUT2D eigenvalue weighted by atomic mass is 16.4. The van der Waals surface area contributed by atoms with E-state index in [1.807, 2.05) is 6.92 Å². The van der Waals surface area contributed by atoms with E-state index in [1.54, 1.807) is 12.4 Å². The maximum atomic E-state index is 11.9. The van der Waals surface area contributed by atoms with E-state index in [1.165, 1.54) is 0 Å². The molecule has 0 aliphatic heterocycles. The van der Waals surface area contributed by atoms with Crippen LogP contribution in [-0.2, 0) is 9.59 Å². The second kappa shape index (κ2) is 4.20. The monoisotopic (exact) mass is 237 g/mol. The van der Waals surface area contributed by atoms with E-state index < -0.39 is 17.3 Å². The molecule has 2 rings (SSSR count). The minimum Gasteiger partial charge on any atom is -0.480 e. The number of hydrogen-bond acceptors (Lipinski definition) is 3. The van der Waals surface area contributed by atoms with Crippen molar-refractivity contribution in [1.29, 1.82) is 0 Å². The Balaban J connectivity index is 2.05. The standard InChI is InChI=1S/C11H15N3O3/c1-2-7(8-12-5-6-13-8)14-9(15)11(3-4-11)10(16)17/h5-7H,2-4H2,1H3,(H,12,13)(H,14,15)(H,16,17). The Bertz CT molecular complexity index is 423. The molecule has 0 spiro atoms. The quantitative estimate of drug-likeness (QED) is 0.661. The average Bonchev–Trinajstić information content (AvgIpc) is 2.96. The number of amides is 1. The predicted molar refractivity (Wildman–Crippen MR) is 59.1 cm³/mol. The van der Waals surface area contributed by atoms with E-state index in [4.69, 9.17) is 5.11 Å². The van der Waals surface area contributed by atoms with Crippen LogP contribution in [0.15, 0.2) is 12.4 Å². The van der Waals surface area contributed by atoms with E-state index in [9.17, 15) is 9.59 Å². The van der Waals surface area contributed by atoms with Crippen LogP contribution in [0.4, 0.5) is 0 Å². The van der Waals surface area contributed by atoms with Gasteiger partial charge < -0.3 is 15.4 Å². The van der Waals surface area contributed by atoms with Gasteiger partial charge in [-0.05, 0) is 19.3 Å². The summed E-state index contributed by atoms with van der Waals surface area (Å²) in [6.45, 7) is 1.91. The summed E-state index contributed by atoms with van der Waals surface area (Å²) in [5.41, 5.74) is -1.19. The van der Waals surface area contributed by atoms with Crippen LogP contribution in [-0.4, -0.2) is 27.0 Å². The lowest BCUT2D eigenvalue weighted by atomic mass is 10.1. The van der Waals surface area contributed by atoms with Gasteiger partial charge in [-0.2, -0.15) is 0 Å². The van der Waals surface area contributed by atoms with E-state index in [2.05, 4.69) is 15.3 Å². The summed E-state index contributed by atoms with van der Waals surface area (Å²) in [5, 5.41) is 11.7. The normalized spacial score (nSPS) is 18.4. The van der Waals surface area contributed by atoms with Crippen molar-refractivity contribution in [2.24, 2.45) is 5.41 Å². The fraction of sp³-hybridized carbons (Fsp3) is 0.545. The largest absolute Gasteiger partial charge is 0.480 e. The molecule has 17 heavy (non-hydrogen) atoms. The van der Waals surface area contributed by atoms with Gasteiger partial charge in [-0.3, -0.25) is 9.59 Å². The number of aliphatic carboxylic acids is 1. The number of rotatable bonds is 5. The molecule has 0 bridgehead atoms.